The van der Waals surface area contributed by atoms with E-state index < -0.39 is 11.6 Å². The largest absolute Gasteiger partial charge is 0.490 e. The van der Waals surface area contributed by atoms with E-state index in [9.17, 15) is 8.78 Å². The van der Waals surface area contributed by atoms with Crippen LogP contribution in [0.2, 0.25) is 0 Å². The molecule has 2 aliphatic rings. The quantitative estimate of drug-likeness (QED) is 0.261. The van der Waals surface area contributed by atoms with Crippen LogP contribution >= 0.6 is 11.3 Å². The van der Waals surface area contributed by atoms with Crippen LogP contribution in [0.5, 0.6) is 5.75 Å². The Balaban J connectivity index is 1.20. The highest BCUT2D eigenvalue weighted by atomic mass is 32.1. The normalized spacial score (nSPS) is 24.1. The zero-order valence-corrected chi connectivity index (χ0v) is 23.7. The van der Waals surface area contributed by atoms with Crippen molar-refractivity contribution in [3.8, 4) is 5.75 Å². The maximum Gasteiger partial charge on any atom is 0.182 e. The van der Waals surface area contributed by atoms with Crippen molar-refractivity contribution in [3.63, 3.8) is 0 Å². The predicted octanol–water partition coefficient (Wildman–Crippen LogP) is 10.7. The standard InChI is InChI=1S/C33H41F3OS/c1-3-5-21-7-9-22(10-8-21)20-37-28-18-16-26-19-29(38-33(26)32(28)36)24-13-11-23(12-14-24)27-17-15-25(6-4-2)30(34)31(27)35/h15-19,21-24H,3-14,20H2,1-2H3. The summed E-state index contributed by atoms with van der Waals surface area (Å²) in [6, 6.07) is 9.43. The van der Waals surface area contributed by atoms with Crippen LogP contribution < -0.4 is 4.74 Å². The molecule has 0 aliphatic heterocycles. The second-order valence-corrected chi connectivity index (χ2v) is 12.8. The molecule has 0 amide bonds. The number of ether oxygens (including phenoxy) is 1. The van der Waals surface area contributed by atoms with E-state index in [2.05, 4.69) is 13.0 Å². The molecule has 2 aliphatic carbocycles. The summed E-state index contributed by atoms with van der Waals surface area (Å²) in [6.07, 6.45) is 12.3. The molecule has 0 atom stereocenters. The molecule has 5 rings (SSSR count). The number of thiophene rings is 1. The second kappa shape index (κ2) is 12.4. The van der Waals surface area contributed by atoms with Crippen molar-refractivity contribution in [1.82, 2.24) is 0 Å². The molecule has 0 saturated heterocycles. The monoisotopic (exact) mass is 542 g/mol. The van der Waals surface area contributed by atoms with Gasteiger partial charge in [0.2, 0.25) is 0 Å². The lowest BCUT2D eigenvalue weighted by atomic mass is 9.77. The van der Waals surface area contributed by atoms with E-state index in [-0.39, 0.29) is 11.7 Å². The van der Waals surface area contributed by atoms with E-state index in [1.165, 1.54) is 54.7 Å². The Morgan fingerprint density at radius 3 is 2.18 bits per heavy atom. The third-order valence-corrected chi connectivity index (χ3v) is 10.3. The first kappa shape index (κ1) is 27.6. The van der Waals surface area contributed by atoms with Gasteiger partial charge < -0.3 is 4.74 Å². The first-order valence-electron chi connectivity index (χ1n) is 14.8. The van der Waals surface area contributed by atoms with Crippen LogP contribution in [0.25, 0.3) is 10.1 Å². The fraction of sp³-hybridized carbons (Fsp3) is 0.576. The summed E-state index contributed by atoms with van der Waals surface area (Å²) in [6.45, 7) is 4.83. The smallest absolute Gasteiger partial charge is 0.182 e. The molecule has 1 nitrogen and oxygen atoms in total. The molecule has 0 spiro atoms. The van der Waals surface area contributed by atoms with Gasteiger partial charge in [-0.1, -0.05) is 58.1 Å². The summed E-state index contributed by atoms with van der Waals surface area (Å²) in [5, 5.41) is 0.927. The Kier molecular flexibility index (Phi) is 9.02. The number of aryl methyl sites for hydroxylation is 1. The molecular formula is C33H41F3OS. The molecule has 0 unspecified atom stereocenters. The Morgan fingerprint density at radius 2 is 1.47 bits per heavy atom. The zero-order chi connectivity index (χ0) is 26.6. The minimum atomic E-state index is -0.673. The molecule has 2 aromatic carbocycles. The van der Waals surface area contributed by atoms with Crippen molar-refractivity contribution in [3.05, 3.63) is 63.8 Å². The summed E-state index contributed by atoms with van der Waals surface area (Å²) in [5.41, 5.74) is 0.987. The topological polar surface area (TPSA) is 9.23 Å². The van der Waals surface area contributed by atoms with Crippen molar-refractivity contribution in [1.29, 1.82) is 0 Å². The van der Waals surface area contributed by atoms with Crippen molar-refractivity contribution in [2.45, 2.75) is 103 Å². The number of hydrogen-bond donors (Lipinski definition) is 0. The Morgan fingerprint density at radius 1 is 0.763 bits per heavy atom. The van der Waals surface area contributed by atoms with Gasteiger partial charge in [0.1, 0.15) is 0 Å². The first-order chi connectivity index (χ1) is 18.5. The van der Waals surface area contributed by atoms with Crippen LogP contribution in [0.3, 0.4) is 0 Å². The summed E-state index contributed by atoms with van der Waals surface area (Å²) in [7, 11) is 0. The first-order valence-corrected chi connectivity index (χ1v) is 15.6. The summed E-state index contributed by atoms with van der Waals surface area (Å²) >= 11 is 1.53. The number of hydrogen-bond acceptors (Lipinski definition) is 2. The minimum absolute atomic E-state index is 0.0413. The molecule has 1 heterocycles. The third kappa shape index (κ3) is 5.93. The van der Waals surface area contributed by atoms with Gasteiger partial charge in [0.15, 0.2) is 23.2 Å². The van der Waals surface area contributed by atoms with Gasteiger partial charge >= 0.3 is 0 Å². The molecule has 3 aromatic rings. The lowest BCUT2D eigenvalue weighted by Crippen LogP contribution is -2.20. The molecule has 206 valence electrons. The van der Waals surface area contributed by atoms with Crippen molar-refractivity contribution in [2.24, 2.45) is 11.8 Å². The molecule has 0 radical (unpaired) electrons. The highest BCUT2D eigenvalue weighted by Gasteiger charge is 2.28. The van der Waals surface area contributed by atoms with E-state index >= 15 is 4.39 Å². The van der Waals surface area contributed by atoms with Crippen LogP contribution in [-0.4, -0.2) is 6.61 Å². The fourth-order valence-electron chi connectivity index (χ4n) is 6.76. The van der Waals surface area contributed by atoms with Gasteiger partial charge in [0.25, 0.3) is 0 Å². The Bertz CT molecular complexity index is 1220. The van der Waals surface area contributed by atoms with Crippen molar-refractivity contribution in [2.75, 3.05) is 6.61 Å². The highest BCUT2D eigenvalue weighted by Crippen LogP contribution is 2.45. The van der Waals surface area contributed by atoms with Gasteiger partial charge in [0.05, 0.1) is 11.3 Å². The van der Waals surface area contributed by atoms with Gasteiger partial charge in [-0.05, 0) is 103 Å². The fourth-order valence-corrected chi connectivity index (χ4v) is 8.02. The van der Waals surface area contributed by atoms with Crippen LogP contribution in [0, 0.1) is 29.3 Å². The Labute approximate surface area is 229 Å². The molecule has 2 fully saturated rings. The SMILES string of the molecule is CCCc1ccc(C2CCC(c3cc4ccc(OCC5CCC(CCC)CC5)c(F)c4s3)CC2)c(F)c1F. The summed E-state index contributed by atoms with van der Waals surface area (Å²) < 4.78 is 51.4. The number of halogens is 3. The van der Waals surface area contributed by atoms with Gasteiger partial charge in [-0.3, -0.25) is 0 Å². The number of rotatable bonds is 9. The molecular weight excluding hydrogens is 501 g/mol. The Hall–Kier alpha value is -2.01. The van der Waals surface area contributed by atoms with E-state index in [1.54, 1.807) is 18.2 Å². The summed E-state index contributed by atoms with van der Waals surface area (Å²) in [5.74, 6) is 0.547. The molecule has 1 aromatic heterocycles. The lowest BCUT2D eigenvalue weighted by molar-refractivity contribution is 0.175. The average molecular weight is 543 g/mol. The summed E-state index contributed by atoms with van der Waals surface area (Å²) in [4.78, 5) is 1.19. The van der Waals surface area contributed by atoms with E-state index in [1.807, 2.05) is 13.0 Å². The van der Waals surface area contributed by atoms with Crippen molar-refractivity contribution < 1.29 is 17.9 Å². The maximum absolute atomic E-state index is 15.4. The van der Waals surface area contributed by atoms with Gasteiger partial charge in [-0.15, -0.1) is 11.3 Å². The van der Waals surface area contributed by atoms with Gasteiger partial charge in [0, 0.05) is 4.88 Å². The molecule has 0 bridgehead atoms. The molecule has 5 heteroatoms. The third-order valence-electron chi connectivity index (χ3n) is 9.03. The van der Waals surface area contributed by atoms with E-state index in [0.29, 0.717) is 46.4 Å². The highest BCUT2D eigenvalue weighted by molar-refractivity contribution is 7.19. The van der Waals surface area contributed by atoms with E-state index in [0.717, 1.165) is 43.4 Å². The lowest BCUT2D eigenvalue weighted by Gasteiger charge is -2.28. The number of benzene rings is 2. The molecule has 38 heavy (non-hydrogen) atoms. The van der Waals surface area contributed by atoms with Crippen LogP contribution in [0.1, 0.15) is 112 Å². The molecule has 0 N–H and O–H groups in total. The maximum atomic E-state index is 15.4. The van der Waals surface area contributed by atoms with Gasteiger partial charge in [-0.25, -0.2) is 13.2 Å². The predicted molar refractivity (Wildman–Crippen MR) is 152 cm³/mol. The number of fused-ring (bicyclic) bond motifs is 1. The van der Waals surface area contributed by atoms with Crippen LogP contribution in [0.4, 0.5) is 13.2 Å². The average Bonchev–Trinajstić information content (AvgIpc) is 3.38. The van der Waals surface area contributed by atoms with Crippen molar-refractivity contribution >= 4 is 21.4 Å². The van der Waals surface area contributed by atoms with Crippen LogP contribution in [0.15, 0.2) is 30.3 Å². The minimum Gasteiger partial charge on any atom is -0.490 e. The second-order valence-electron chi connectivity index (χ2n) is 11.7. The van der Waals surface area contributed by atoms with E-state index in [4.69, 9.17) is 4.74 Å². The van der Waals surface area contributed by atoms with Crippen LogP contribution in [-0.2, 0) is 6.42 Å². The molecule has 2 saturated carbocycles. The zero-order valence-electron chi connectivity index (χ0n) is 22.8. The van der Waals surface area contributed by atoms with Gasteiger partial charge in [-0.2, -0.15) is 0 Å².